The molecule has 2 rings (SSSR count). The molecule has 1 saturated carbocycles. The molecule has 0 aliphatic heterocycles. The fraction of sp³-hybridized carbons (Fsp3) is 0.562. The predicted molar refractivity (Wildman–Crippen MR) is 92.9 cm³/mol. The first kappa shape index (κ1) is 17.4. The molecule has 0 amide bonds. The Balaban J connectivity index is 2.48. The summed E-state index contributed by atoms with van der Waals surface area (Å²) in [5.41, 5.74) is 7.32. The van der Waals surface area contributed by atoms with E-state index in [0.29, 0.717) is 0 Å². The molecule has 1 fully saturated rings. The van der Waals surface area contributed by atoms with Gasteiger partial charge in [-0.15, -0.1) is 0 Å². The van der Waals surface area contributed by atoms with Crippen molar-refractivity contribution in [1.82, 2.24) is 0 Å². The van der Waals surface area contributed by atoms with E-state index in [1.807, 2.05) is 24.3 Å². The van der Waals surface area contributed by atoms with Crippen molar-refractivity contribution in [1.29, 1.82) is 0 Å². The van der Waals surface area contributed by atoms with Gasteiger partial charge in [0.1, 0.15) is 0 Å². The Morgan fingerprint density at radius 3 is 2.32 bits per heavy atom. The van der Waals surface area contributed by atoms with Crippen LogP contribution in [-0.4, -0.2) is 38.1 Å². The van der Waals surface area contributed by atoms with Crippen molar-refractivity contribution in [2.75, 3.05) is 19.5 Å². The number of methoxy groups -OCH3 is 1. The third kappa shape index (κ3) is 2.68. The van der Waals surface area contributed by atoms with Gasteiger partial charge in [0.15, 0.2) is 9.84 Å². The van der Waals surface area contributed by atoms with Crippen molar-refractivity contribution in [3.8, 4) is 0 Å². The van der Waals surface area contributed by atoms with Gasteiger partial charge in [-0.3, -0.25) is 0 Å². The molecule has 0 spiro atoms. The topological polar surface area (TPSA) is 69.4 Å². The van der Waals surface area contributed by atoms with Crippen LogP contribution in [0.4, 0.5) is 0 Å². The largest absolute Gasteiger partial charge is 0.393 e. The fourth-order valence-corrected chi connectivity index (χ4v) is 5.79. The molecule has 22 heavy (non-hydrogen) atoms. The number of nitrogens with two attached hydrogens (primary N) is 1. The summed E-state index contributed by atoms with van der Waals surface area (Å²) in [6, 6.07) is 8.02. The Labute approximate surface area is 138 Å². The van der Waals surface area contributed by atoms with E-state index in [1.165, 1.54) is 5.56 Å². The number of benzene rings is 1. The van der Waals surface area contributed by atoms with E-state index in [1.54, 1.807) is 14.0 Å². The SMILES string of the molecule is CCc1ccc([C@H]2[C@H](S(=O)(=O)CC)[C@@]2(COC)C(N)=S)cc1. The molecule has 6 heteroatoms. The summed E-state index contributed by atoms with van der Waals surface area (Å²) in [5.74, 6) is -0.143. The lowest BCUT2D eigenvalue weighted by Gasteiger charge is -2.15. The summed E-state index contributed by atoms with van der Waals surface area (Å²) in [5, 5.41) is -0.588. The van der Waals surface area contributed by atoms with Gasteiger partial charge in [-0.2, -0.15) is 0 Å². The first-order valence-electron chi connectivity index (χ1n) is 7.44. The summed E-state index contributed by atoms with van der Waals surface area (Å²) in [6.45, 7) is 3.97. The number of sulfone groups is 1. The number of hydrogen-bond donors (Lipinski definition) is 1. The van der Waals surface area contributed by atoms with Crippen molar-refractivity contribution < 1.29 is 13.2 Å². The third-order valence-electron chi connectivity index (χ3n) is 4.63. The zero-order chi connectivity index (χ0) is 16.5. The van der Waals surface area contributed by atoms with Crippen LogP contribution >= 0.6 is 12.2 Å². The van der Waals surface area contributed by atoms with E-state index in [4.69, 9.17) is 22.7 Å². The maximum atomic E-state index is 12.5. The van der Waals surface area contributed by atoms with Crippen LogP contribution in [0.1, 0.15) is 30.9 Å². The monoisotopic (exact) mass is 341 g/mol. The number of aryl methyl sites for hydroxylation is 1. The molecule has 3 atom stereocenters. The Morgan fingerprint density at radius 1 is 1.32 bits per heavy atom. The van der Waals surface area contributed by atoms with Gasteiger partial charge in [0, 0.05) is 18.8 Å². The fourth-order valence-electron chi connectivity index (χ4n) is 3.32. The molecule has 0 heterocycles. The summed E-state index contributed by atoms with van der Waals surface area (Å²) in [6.07, 6.45) is 0.945. The first-order chi connectivity index (χ1) is 10.3. The standard InChI is InChI=1S/C16H23NO3S2/c1-4-11-6-8-12(9-7-11)13-14(22(18,19)5-2)16(13,10-20-3)15(17)21/h6-9,13-14H,4-5,10H2,1-3H3,(H2,17,21)/t13-,14-,16-/m0/s1. The zero-order valence-electron chi connectivity index (χ0n) is 13.2. The van der Waals surface area contributed by atoms with Gasteiger partial charge in [-0.1, -0.05) is 50.3 Å². The molecule has 0 saturated heterocycles. The minimum Gasteiger partial charge on any atom is -0.393 e. The van der Waals surface area contributed by atoms with Gasteiger partial charge < -0.3 is 10.5 Å². The molecule has 0 radical (unpaired) electrons. The van der Waals surface area contributed by atoms with Gasteiger partial charge in [-0.25, -0.2) is 8.42 Å². The molecular formula is C16H23NO3S2. The Hall–Kier alpha value is -0.980. The molecule has 1 aromatic rings. The molecule has 2 N–H and O–H groups in total. The van der Waals surface area contributed by atoms with E-state index in [-0.39, 0.29) is 23.3 Å². The van der Waals surface area contributed by atoms with Crippen molar-refractivity contribution in [2.24, 2.45) is 11.1 Å². The smallest absolute Gasteiger partial charge is 0.154 e. The highest BCUT2D eigenvalue weighted by molar-refractivity contribution is 7.92. The van der Waals surface area contributed by atoms with E-state index in [0.717, 1.165) is 12.0 Å². The lowest BCUT2D eigenvalue weighted by Crippen LogP contribution is -2.33. The van der Waals surface area contributed by atoms with Crippen molar-refractivity contribution in [3.05, 3.63) is 35.4 Å². The second-order valence-electron chi connectivity index (χ2n) is 5.78. The summed E-state index contributed by atoms with van der Waals surface area (Å²) in [7, 11) is -1.71. The second-order valence-corrected chi connectivity index (χ2v) is 8.63. The van der Waals surface area contributed by atoms with Crippen LogP contribution in [0.5, 0.6) is 0 Å². The predicted octanol–water partition coefficient (Wildman–Crippen LogP) is 2.07. The van der Waals surface area contributed by atoms with Gasteiger partial charge in [0.2, 0.25) is 0 Å². The Bertz CT molecular complexity index is 654. The molecule has 1 aliphatic carbocycles. The summed E-state index contributed by atoms with van der Waals surface area (Å²) < 4.78 is 30.3. The van der Waals surface area contributed by atoms with Gasteiger partial charge in [-0.05, 0) is 17.5 Å². The van der Waals surface area contributed by atoms with E-state index in [2.05, 4.69) is 6.92 Å². The van der Waals surface area contributed by atoms with Crippen LogP contribution in [0.2, 0.25) is 0 Å². The molecule has 0 aromatic heterocycles. The quantitative estimate of drug-likeness (QED) is 0.769. The summed E-state index contributed by atoms with van der Waals surface area (Å²) in [4.78, 5) is 0.223. The van der Waals surface area contributed by atoms with E-state index >= 15 is 0 Å². The van der Waals surface area contributed by atoms with Crippen molar-refractivity contribution in [3.63, 3.8) is 0 Å². The maximum absolute atomic E-state index is 12.5. The van der Waals surface area contributed by atoms with Gasteiger partial charge in [0.05, 0.1) is 22.3 Å². The highest BCUT2D eigenvalue weighted by atomic mass is 32.2. The van der Waals surface area contributed by atoms with Crippen LogP contribution in [0, 0.1) is 5.41 Å². The Kier molecular flexibility index (Phi) is 4.94. The van der Waals surface area contributed by atoms with Crippen LogP contribution in [0.15, 0.2) is 24.3 Å². The number of thiocarbonyl (C=S) groups is 1. The molecule has 4 nitrogen and oxygen atoms in total. The molecule has 0 unspecified atom stereocenters. The molecule has 1 aliphatic rings. The second kappa shape index (κ2) is 6.26. The van der Waals surface area contributed by atoms with Crippen LogP contribution in [0.25, 0.3) is 0 Å². The van der Waals surface area contributed by atoms with Crippen LogP contribution in [-0.2, 0) is 21.0 Å². The Morgan fingerprint density at radius 2 is 1.91 bits per heavy atom. The molecule has 0 bridgehead atoms. The number of rotatable bonds is 7. The lowest BCUT2D eigenvalue weighted by molar-refractivity contribution is 0.166. The minimum atomic E-state index is -3.26. The molecule has 122 valence electrons. The minimum absolute atomic E-state index is 0.0787. The number of ether oxygens (including phenoxy) is 1. The average Bonchev–Trinajstić information content (AvgIpc) is 3.19. The molecule has 1 aromatic carbocycles. The van der Waals surface area contributed by atoms with Crippen LogP contribution in [0.3, 0.4) is 0 Å². The summed E-state index contributed by atoms with van der Waals surface area (Å²) >= 11 is 5.21. The van der Waals surface area contributed by atoms with Crippen molar-refractivity contribution in [2.45, 2.75) is 31.4 Å². The van der Waals surface area contributed by atoms with E-state index < -0.39 is 20.5 Å². The van der Waals surface area contributed by atoms with Crippen LogP contribution < -0.4 is 5.73 Å². The third-order valence-corrected chi connectivity index (χ3v) is 7.29. The van der Waals surface area contributed by atoms with E-state index in [9.17, 15) is 8.42 Å². The molecular weight excluding hydrogens is 318 g/mol. The van der Waals surface area contributed by atoms with Gasteiger partial charge >= 0.3 is 0 Å². The van der Waals surface area contributed by atoms with Crippen molar-refractivity contribution >= 4 is 27.0 Å². The average molecular weight is 341 g/mol. The first-order valence-corrected chi connectivity index (χ1v) is 9.56. The lowest BCUT2D eigenvalue weighted by atomic mass is 9.98. The maximum Gasteiger partial charge on any atom is 0.154 e. The zero-order valence-corrected chi connectivity index (χ0v) is 14.8. The number of hydrogen-bond acceptors (Lipinski definition) is 4. The van der Waals surface area contributed by atoms with Gasteiger partial charge in [0.25, 0.3) is 0 Å². The highest BCUT2D eigenvalue weighted by Gasteiger charge is 2.72. The normalized spacial score (nSPS) is 27.6. The highest BCUT2D eigenvalue weighted by Crippen LogP contribution is 2.63.